The predicted octanol–water partition coefficient (Wildman–Crippen LogP) is 1.49. The lowest BCUT2D eigenvalue weighted by atomic mass is 9.92. The number of nitrogens with one attached hydrogen (secondary N) is 1. The first-order valence-electron chi connectivity index (χ1n) is 7.44. The molecule has 5 atom stereocenters. The highest BCUT2D eigenvalue weighted by molar-refractivity contribution is 4.91. The molecule has 3 rings (SSSR count). The van der Waals surface area contributed by atoms with E-state index in [1.54, 1.807) is 0 Å². The second-order valence-corrected chi connectivity index (χ2v) is 6.02. The molecule has 0 aliphatic carbocycles. The van der Waals surface area contributed by atoms with Gasteiger partial charge in [-0.1, -0.05) is 6.92 Å². The Balaban J connectivity index is 1.47. The molecular formula is C14H26N2O. The fourth-order valence-corrected chi connectivity index (χ4v) is 3.90. The SMILES string of the molecule is CCC1OCCC1CNC1CCN2CCC1C2. The van der Waals surface area contributed by atoms with Gasteiger partial charge < -0.3 is 15.0 Å². The maximum atomic E-state index is 5.77. The molecule has 0 radical (unpaired) electrons. The molecule has 1 N–H and O–H groups in total. The van der Waals surface area contributed by atoms with E-state index in [2.05, 4.69) is 17.1 Å². The number of hydrogen-bond donors (Lipinski definition) is 1. The van der Waals surface area contributed by atoms with Crippen molar-refractivity contribution in [2.45, 2.75) is 44.8 Å². The second kappa shape index (κ2) is 5.25. The molecule has 3 aliphatic heterocycles. The van der Waals surface area contributed by atoms with Gasteiger partial charge in [-0.25, -0.2) is 0 Å². The monoisotopic (exact) mass is 238 g/mol. The van der Waals surface area contributed by atoms with Crippen LogP contribution < -0.4 is 5.32 Å². The lowest BCUT2D eigenvalue weighted by Gasteiger charge is -2.32. The van der Waals surface area contributed by atoms with Crippen molar-refractivity contribution in [1.29, 1.82) is 0 Å². The second-order valence-electron chi connectivity index (χ2n) is 6.02. The predicted molar refractivity (Wildman–Crippen MR) is 69.1 cm³/mol. The minimum absolute atomic E-state index is 0.520. The lowest BCUT2D eigenvalue weighted by Crippen LogP contribution is -2.46. The van der Waals surface area contributed by atoms with Gasteiger partial charge in [-0.05, 0) is 50.6 Å². The topological polar surface area (TPSA) is 24.5 Å². The fraction of sp³-hybridized carbons (Fsp3) is 1.00. The number of fused-ring (bicyclic) bond motifs is 2. The van der Waals surface area contributed by atoms with Crippen molar-refractivity contribution >= 4 is 0 Å². The zero-order chi connectivity index (χ0) is 11.7. The Morgan fingerprint density at radius 2 is 2.12 bits per heavy atom. The number of rotatable bonds is 4. The first-order chi connectivity index (χ1) is 8.36. The normalized spacial score (nSPS) is 45.4. The molecule has 3 aliphatic rings. The summed E-state index contributed by atoms with van der Waals surface area (Å²) < 4.78 is 5.77. The molecule has 0 aromatic heterocycles. The average molecular weight is 238 g/mol. The highest BCUT2D eigenvalue weighted by Crippen LogP contribution is 2.28. The minimum Gasteiger partial charge on any atom is -0.378 e. The Morgan fingerprint density at radius 3 is 3.00 bits per heavy atom. The van der Waals surface area contributed by atoms with Gasteiger partial charge >= 0.3 is 0 Å². The average Bonchev–Trinajstić information content (AvgIpc) is 2.96. The van der Waals surface area contributed by atoms with Crippen LogP contribution in [0.1, 0.15) is 32.6 Å². The van der Waals surface area contributed by atoms with Gasteiger partial charge in [0.05, 0.1) is 6.10 Å². The van der Waals surface area contributed by atoms with E-state index in [0.717, 1.165) is 24.5 Å². The summed E-state index contributed by atoms with van der Waals surface area (Å²) >= 11 is 0. The summed E-state index contributed by atoms with van der Waals surface area (Å²) in [5, 5.41) is 3.85. The number of hydrogen-bond acceptors (Lipinski definition) is 3. The first kappa shape index (κ1) is 11.9. The highest BCUT2D eigenvalue weighted by atomic mass is 16.5. The van der Waals surface area contributed by atoms with Crippen LogP contribution in [-0.4, -0.2) is 49.8 Å². The van der Waals surface area contributed by atoms with Crippen molar-refractivity contribution in [3.8, 4) is 0 Å². The van der Waals surface area contributed by atoms with Crippen LogP contribution in [0.3, 0.4) is 0 Å². The largest absolute Gasteiger partial charge is 0.378 e. The van der Waals surface area contributed by atoms with Crippen LogP contribution in [0.4, 0.5) is 0 Å². The van der Waals surface area contributed by atoms with Gasteiger partial charge in [0.1, 0.15) is 0 Å². The van der Waals surface area contributed by atoms with E-state index in [0.29, 0.717) is 6.10 Å². The highest BCUT2D eigenvalue weighted by Gasteiger charge is 2.35. The third-order valence-corrected chi connectivity index (χ3v) is 5.03. The first-order valence-corrected chi connectivity index (χ1v) is 7.44. The van der Waals surface area contributed by atoms with Crippen molar-refractivity contribution in [2.75, 3.05) is 32.8 Å². The van der Waals surface area contributed by atoms with Crippen molar-refractivity contribution < 1.29 is 4.74 Å². The van der Waals surface area contributed by atoms with Crippen LogP contribution >= 0.6 is 0 Å². The lowest BCUT2D eigenvalue weighted by molar-refractivity contribution is 0.0851. The minimum atomic E-state index is 0.520. The number of nitrogens with zero attached hydrogens (tertiary/aromatic N) is 1. The maximum absolute atomic E-state index is 5.77. The van der Waals surface area contributed by atoms with Gasteiger partial charge in [-0.15, -0.1) is 0 Å². The third kappa shape index (κ3) is 2.51. The Labute approximate surface area is 105 Å². The molecule has 98 valence electrons. The van der Waals surface area contributed by atoms with Crippen LogP contribution in [0.25, 0.3) is 0 Å². The molecule has 0 saturated carbocycles. The van der Waals surface area contributed by atoms with E-state index in [9.17, 15) is 0 Å². The zero-order valence-electron chi connectivity index (χ0n) is 11.0. The summed E-state index contributed by atoms with van der Waals surface area (Å²) in [6.07, 6.45) is 5.72. The molecule has 0 amide bonds. The van der Waals surface area contributed by atoms with Crippen LogP contribution in [-0.2, 0) is 4.74 Å². The molecule has 3 saturated heterocycles. The molecule has 3 heterocycles. The standard InChI is InChI=1S/C14H26N2O/c1-2-14-11(5-8-17-14)9-15-13-4-7-16-6-3-12(13)10-16/h11-15H,2-10H2,1H3. The molecule has 2 bridgehead atoms. The quantitative estimate of drug-likeness (QED) is 0.803. The van der Waals surface area contributed by atoms with Crippen LogP contribution in [0, 0.1) is 11.8 Å². The molecule has 0 aromatic rings. The van der Waals surface area contributed by atoms with Gasteiger partial charge in [0.2, 0.25) is 0 Å². The van der Waals surface area contributed by atoms with Crippen molar-refractivity contribution in [1.82, 2.24) is 10.2 Å². The molecule has 3 nitrogen and oxygen atoms in total. The van der Waals surface area contributed by atoms with Gasteiger partial charge in [-0.3, -0.25) is 0 Å². The Bertz CT molecular complexity index is 259. The molecular weight excluding hydrogens is 212 g/mol. The molecule has 17 heavy (non-hydrogen) atoms. The zero-order valence-corrected chi connectivity index (χ0v) is 11.0. The smallest absolute Gasteiger partial charge is 0.0613 e. The summed E-state index contributed by atoms with van der Waals surface area (Å²) in [6.45, 7) is 8.40. The summed E-state index contributed by atoms with van der Waals surface area (Å²) in [5.41, 5.74) is 0. The van der Waals surface area contributed by atoms with Gasteiger partial charge in [0.25, 0.3) is 0 Å². The fourth-order valence-electron chi connectivity index (χ4n) is 3.90. The van der Waals surface area contributed by atoms with Crippen molar-refractivity contribution in [3.05, 3.63) is 0 Å². The molecule has 0 aromatic carbocycles. The molecule has 3 heteroatoms. The molecule has 3 fully saturated rings. The Kier molecular flexibility index (Phi) is 3.69. The van der Waals surface area contributed by atoms with Gasteiger partial charge in [-0.2, -0.15) is 0 Å². The van der Waals surface area contributed by atoms with Crippen molar-refractivity contribution in [2.24, 2.45) is 11.8 Å². The molecule has 5 unspecified atom stereocenters. The van der Waals surface area contributed by atoms with Crippen LogP contribution in [0.15, 0.2) is 0 Å². The summed E-state index contributed by atoms with van der Waals surface area (Å²) in [4.78, 5) is 2.62. The number of piperidine rings is 1. The van der Waals surface area contributed by atoms with E-state index >= 15 is 0 Å². The number of ether oxygens (including phenoxy) is 1. The van der Waals surface area contributed by atoms with E-state index in [-0.39, 0.29) is 0 Å². The van der Waals surface area contributed by atoms with Gasteiger partial charge in [0.15, 0.2) is 0 Å². The maximum Gasteiger partial charge on any atom is 0.0613 e. The third-order valence-electron chi connectivity index (χ3n) is 5.03. The Hall–Kier alpha value is -0.120. The van der Waals surface area contributed by atoms with E-state index in [4.69, 9.17) is 4.74 Å². The van der Waals surface area contributed by atoms with E-state index in [1.165, 1.54) is 51.9 Å². The summed E-state index contributed by atoms with van der Waals surface area (Å²) in [5.74, 6) is 1.69. The van der Waals surface area contributed by atoms with Gasteiger partial charge in [0, 0.05) is 25.7 Å². The van der Waals surface area contributed by atoms with Crippen LogP contribution in [0.2, 0.25) is 0 Å². The van der Waals surface area contributed by atoms with Crippen molar-refractivity contribution in [3.63, 3.8) is 0 Å². The summed E-state index contributed by atoms with van der Waals surface area (Å²) in [7, 11) is 0. The van der Waals surface area contributed by atoms with Crippen LogP contribution in [0.5, 0.6) is 0 Å². The summed E-state index contributed by atoms with van der Waals surface area (Å²) in [6, 6.07) is 0.784. The molecule has 0 spiro atoms. The van der Waals surface area contributed by atoms with E-state index in [1.807, 2.05) is 0 Å². The van der Waals surface area contributed by atoms with E-state index < -0.39 is 0 Å². The Morgan fingerprint density at radius 1 is 1.24 bits per heavy atom.